The summed E-state index contributed by atoms with van der Waals surface area (Å²) in [5.74, 6) is 0.274. The van der Waals surface area contributed by atoms with E-state index in [1.165, 1.54) is 0 Å². The summed E-state index contributed by atoms with van der Waals surface area (Å²) in [4.78, 5) is 10.9. The third kappa shape index (κ3) is 4.13. The molecule has 0 atom stereocenters. The topological polar surface area (TPSA) is 29.1 Å². The molecule has 0 heterocycles. The summed E-state index contributed by atoms with van der Waals surface area (Å²) in [6.45, 7) is 6.63. The van der Waals surface area contributed by atoms with Gasteiger partial charge in [-0.1, -0.05) is 13.8 Å². The minimum Gasteiger partial charge on any atom is -0.391 e. The third-order valence-electron chi connectivity index (χ3n) is 1.14. The summed E-state index contributed by atoms with van der Waals surface area (Å²) in [7, 11) is 0. The number of carbonyl (C=O) groups excluding carboxylic acids is 1. The van der Waals surface area contributed by atoms with Crippen LogP contribution in [0.5, 0.6) is 0 Å². The number of allylic oxidation sites excluding steroid dienone is 1. The molecule has 0 aliphatic carbocycles. The zero-order chi connectivity index (χ0) is 7.98. The first kappa shape index (κ1) is 9.21. The highest BCUT2D eigenvalue weighted by atomic mass is 16.1. The molecular formula is C8H15NO. The van der Waals surface area contributed by atoms with E-state index in [1.807, 2.05) is 20.8 Å². The fourth-order valence-electron chi connectivity index (χ4n) is 0.451. The van der Waals surface area contributed by atoms with Crippen LogP contribution in [0.3, 0.4) is 0 Å². The summed E-state index contributed by atoms with van der Waals surface area (Å²) < 4.78 is 0. The van der Waals surface area contributed by atoms with E-state index in [0.29, 0.717) is 0 Å². The van der Waals surface area contributed by atoms with E-state index >= 15 is 0 Å². The number of nitrogens with one attached hydrogen (secondary N) is 1. The van der Waals surface area contributed by atoms with Crippen LogP contribution < -0.4 is 5.32 Å². The molecule has 0 aromatic rings. The molecule has 0 aromatic heterocycles. The molecule has 0 bridgehead atoms. The first-order valence-electron chi connectivity index (χ1n) is 3.62. The van der Waals surface area contributed by atoms with Gasteiger partial charge in [0.1, 0.15) is 0 Å². The van der Waals surface area contributed by atoms with Crippen molar-refractivity contribution in [2.45, 2.75) is 20.8 Å². The molecule has 0 radical (unpaired) electrons. The van der Waals surface area contributed by atoms with E-state index in [4.69, 9.17) is 0 Å². The largest absolute Gasteiger partial charge is 0.391 e. The monoisotopic (exact) mass is 141 g/mol. The van der Waals surface area contributed by atoms with Gasteiger partial charge in [-0.25, -0.2) is 0 Å². The van der Waals surface area contributed by atoms with Crippen LogP contribution in [0.4, 0.5) is 0 Å². The second kappa shape index (κ2) is 5.03. The second-order valence-corrected chi connectivity index (χ2v) is 2.45. The Morgan fingerprint density at radius 1 is 1.60 bits per heavy atom. The van der Waals surface area contributed by atoms with Crippen LogP contribution >= 0.6 is 0 Å². The predicted molar refractivity (Wildman–Crippen MR) is 42.7 cm³/mol. The summed E-state index contributed by atoms with van der Waals surface area (Å²) in [6, 6.07) is 0. The van der Waals surface area contributed by atoms with Crippen molar-refractivity contribution in [2.75, 3.05) is 6.54 Å². The van der Waals surface area contributed by atoms with Crippen LogP contribution in [0.2, 0.25) is 0 Å². The number of carbonyl (C=O) groups is 1. The van der Waals surface area contributed by atoms with E-state index in [-0.39, 0.29) is 11.7 Å². The van der Waals surface area contributed by atoms with Crippen molar-refractivity contribution in [3.8, 4) is 0 Å². The average Bonchev–Trinajstić information content (AvgIpc) is 1.88. The fraction of sp³-hybridized carbons (Fsp3) is 0.625. The lowest BCUT2D eigenvalue weighted by molar-refractivity contribution is -0.117. The van der Waals surface area contributed by atoms with Crippen molar-refractivity contribution in [3.05, 3.63) is 12.3 Å². The molecule has 2 heteroatoms. The highest BCUT2D eigenvalue weighted by molar-refractivity contribution is 5.90. The number of rotatable bonds is 4. The molecule has 0 spiro atoms. The molecular weight excluding hydrogens is 126 g/mol. The van der Waals surface area contributed by atoms with Crippen LogP contribution in [0.15, 0.2) is 12.3 Å². The standard InChI is InChI=1S/C8H15NO/c1-4-9-6-5-8(10)7(2)3/h5-7,9H,4H2,1-3H3/b6-5+. The van der Waals surface area contributed by atoms with Crippen molar-refractivity contribution in [1.29, 1.82) is 0 Å². The summed E-state index contributed by atoms with van der Waals surface area (Å²) in [5, 5.41) is 2.93. The van der Waals surface area contributed by atoms with E-state index in [1.54, 1.807) is 12.3 Å². The van der Waals surface area contributed by atoms with Crippen LogP contribution in [0.25, 0.3) is 0 Å². The lowest BCUT2D eigenvalue weighted by Gasteiger charge is -1.96. The molecule has 1 N–H and O–H groups in total. The minimum atomic E-state index is 0.106. The van der Waals surface area contributed by atoms with Gasteiger partial charge >= 0.3 is 0 Å². The molecule has 0 aromatic carbocycles. The quantitative estimate of drug-likeness (QED) is 0.598. The molecule has 0 fully saturated rings. The summed E-state index contributed by atoms with van der Waals surface area (Å²) in [6.07, 6.45) is 3.27. The molecule has 0 amide bonds. The highest BCUT2D eigenvalue weighted by Crippen LogP contribution is 1.93. The summed E-state index contributed by atoms with van der Waals surface area (Å²) >= 11 is 0. The Kier molecular flexibility index (Phi) is 4.63. The van der Waals surface area contributed by atoms with Gasteiger partial charge in [-0.15, -0.1) is 0 Å². The van der Waals surface area contributed by atoms with Crippen LogP contribution in [0.1, 0.15) is 20.8 Å². The van der Waals surface area contributed by atoms with E-state index in [9.17, 15) is 4.79 Å². The van der Waals surface area contributed by atoms with Gasteiger partial charge in [0.15, 0.2) is 5.78 Å². The maximum absolute atomic E-state index is 10.9. The number of hydrogen-bond acceptors (Lipinski definition) is 2. The van der Waals surface area contributed by atoms with Gasteiger partial charge in [-0.2, -0.15) is 0 Å². The lowest BCUT2D eigenvalue weighted by atomic mass is 10.1. The van der Waals surface area contributed by atoms with Gasteiger partial charge in [-0.3, -0.25) is 4.79 Å². The number of ketones is 1. The fourth-order valence-corrected chi connectivity index (χ4v) is 0.451. The molecule has 58 valence electrons. The van der Waals surface area contributed by atoms with Gasteiger partial charge < -0.3 is 5.32 Å². The van der Waals surface area contributed by atoms with Gasteiger partial charge in [0.25, 0.3) is 0 Å². The predicted octanol–water partition coefficient (Wildman–Crippen LogP) is 1.33. The smallest absolute Gasteiger partial charge is 0.159 e. The van der Waals surface area contributed by atoms with Crippen molar-refractivity contribution in [2.24, 2.45) is 5.92 Å². The Bertz CT molecular complexity index is 127. The Morgan fingerprint density at radius 3 is 2.60 bits per heavy atom. The SMILES string of the molecule is CCN/C=C/C(=O)C(C)C. The van der Waals surface area contributed by atoms with E-state index in [2.05, 4.69) is 5.32 Å². The van der Waals surface area contributed by atoms with Gasteiger partial charge in [0, 0.05) is 12.5 Å². The first-order valence-corrected chi connectivity index (χ1v) is 3.62. The molecule has 0 rings (SSSR count). The van der Waals surface area contributed by atoms with E-state index in [0.717, 1.165) is 6.54 Å². The van der Waals surface area contributed by atoms with Gasteiger partial charge in [0.05, 0.1) is 0 Å². The van der Waals surface area contributed by atoms with Gasteiger partial charge in [0.2, 0.25) is 0 Å². The Hall–Kier alpha value is -0.790. The van der Waals surface area contributed by atoms with E-state index < -0.39 is 0 Å². The lowest BCUT2D eigenvalue weighted by Crippen LogP contribution is -2.07. The van der Waals surface area contributed by atoms with Crippen molar-refractivity contribution in [1.82, 2.24) is 5.32 Å². The zero-order valence-electron chi connectivity index (χ0n) is 6.85. The Labute approximate surface area is 62.3 Å². The molecule has 10 heavy (non-hydrogen) atoms. The normalized spacial score (nSPS) is 10.8. The Balaban J connectivity index is 3.56. The molecule has 0 aliphatic heterocycles. The minimum absolute atomic E-state index is 0.106. The van der Waals surface area contributed by atoms with Crippen molar-refractivity contribution >= 4 is 5.78 Å². The third-order valence-corrected chi connectivity index (χ3v) is 1.14. The zero-order valence-corrected chi connectivity index (χ0v) is 6.85. The second-order valence-electron chi connectivity index (χ2n) is 2.45. The highest BCUT2D eigenvalue weighted by Gasteiger charge is 1.99. The first-order chi connectivity index (χ1) is 4.68. The Morgan fingerprint density at radius 2 is 2.20 bits per heavy atom. The summed E-state index contributed by atoms with van der Waals surface area (Å²) in [5.41, 5.74) is 0. The molecule has 2 nitrogen and oxygen atoms in total. The van der Waals surface area contributed by atoms with Crippen LogP contribution in [0, 0.1) is 5.92 Å². The van der Waals surface area contributed by atoms with Gasteiger partial charge in [-0.05, 0) is 19.2 Å². The van der Waals surface area contributed by atoms with Crippen LogP contribution in [-0.4, -0.2) is 12.3 Å². The maximum atomic E-state index is 10.9. The molecule has 0 saturated carbocycles. The maximum Gasteiger partial charge on any atom is 0.159 e. The molecule has 0 aliphatic rings. The van der Waals surface area contributed by atoms with Crippen LogP contribution in [-0.2, 0) is 4.79 Å². The molecule has 0 unspecified atom stereocenters. The van der Waals surface area contributed by atoms with Crippen molar-refractivity contribution in [3.63, 3.8) is 0 Å². The number of hydrogen-bond donors (Lipinski definition) is 1. The van der Waals surface area contributed by atoms with Crippen molar-refractivity contribution < 1.29 is 4.79 Å². The molecule has 0 saturated heterocycles. The average molecular weight is 141 g/mol.